The van der Waals surface area contributed by atoms with Crippen molar-refractivity contribution in [1.29, 1.82) is 0 Å². The molecule has 3 amide bonds. The summed E-state index contributed by atoms with van der Waals surface area (Å²) in [4.78, 5) is 43.2. The third-order valence-corrected chi connectivity index (χ3v) is 7.43. The minimum Gasteiger partial charge on any atom is -0.354 e. The lowest BCUT2D eigenvalue weighted by molar-refractivity contribution is -0.141. The number of carbonyl (C=O) groups is 3. The molecule has 0 radical (unpaired) electrons. The Balaban J connectivity index is 1.50. The molecule has 0 bridgehead atoms. The summed E-state index contributed by atoms with van der Waals surface area (Å²) in [6.07, 6.45) is 1.11. The van der Waals surface area contributed by atoms with Gasteiger partial charge in [-0.3, -0.25) is 14.4 Å². The number of amides is 3. The fourth-order valence-corrected chi connectivity index (χ4v) is 5.38. The maximum absolute atomic E-state index is 13.6. The number of benzene rings is 3. The van der Waals surface area contributed by atoms with Crippen LogP contribution < -0.4 is 10.2 Å². The molecule has 0 saturated carbocycles. The third-order valence-electron chi connectivity index (χ3n) is 6.85. The number of hydrogen-bond donors (Lipinski definition) is 1. The minimum atomic E-state index is -0.639. The van der Waals surface area contributed by atoms with Gasteiger partial charge < -0.3 is 15.1 Å². The van der Waals surface area contributed by atoms with E-state index >= 15 is 0 Å². The molecule has 38 heavy (non-hydrogen) atoms. The van der Waals surface area contributed by atoms with Gasteiger partial charge in [0.2, 0.25) is 11.8 Å². The third kappa shape index (κ3) is 5.97. The van der Waals surface area contributed by atoms with Crippen molar-refractivity contribution in [3.63, 3.8) is 0 Å². The first-order valence-electron chi connectivity index (χ1n) is 13.1. The average molecular weight is 555 g/mol. The highest BCUT2D eigenvalue weighted by Gasteiger charge is 2.31. The lowest BCUT2D eigenvalue weighted by Crippen LogP contribution is -2.49. The van der Waals surface area contributed by atoms with E-state index < -0.39 is 6.04 Å². The Bertz CT molecular complexity index is 1350. The molecule has 1 aliphatic rings. The number of rotatable bonds is 11. The average Bonchev–Trinajstić information content (AvgIpc) is 3.16. The van der Waals surface area contributed by atoms with Crippen LogP contribution in [0.25, 0.3) is 10.8 Å². The first-order chi connectivity index (χ1) is 18.2. The lowest BCUT2D eigenvalue weighted by Gasteiger charge is -2.31. The summed E-state index contributed by atoms with van der Waals surface area (Å²) in [6, 6.07) is 16.1. The molecule has 3 aromatic rings. The van der Waals surface area contributed by atoms with E-state index in [2.05, 4.69) is 5.32 Å². The highest BCUT2D eigenvalue weighted by molar-refractivity contribution is 6.35. The maximum Gasteiger partial charge on any atom is 0.258 e. The van der Waals surface area contributed by atoms with Crippen molar-refractivity contribution in [3.05, 3.63) is 75.8 Å². The molecule has 0 fully saturated rings. The van der Waals surface area contributed by atoms with Crippen LogP contribution in [0.5, 0.6) is 0 Å². The van der Waals surface area contributed by atoms with Crippen LogP contribution in [0.1, 0.15) is 56.0 Å². The Morgan fingerprint density at radius 1 is 1.05 bits per heavy atom. The summed E-state index contributed by atoms with van der Waals surface area (Å²) in [7, 11) is 0. The molecule has 1 heterocycles. The predicted molar refractivity (Wildman–Crippen MR) is 154 cm³/mol. The Kier molecular flexibility index (Phi) is 8.95. The first kappa shape index (κ1) is 27.9. The van der Waals surface area contributed by atoms with Crippen LogP contribution in [0.3, 0.4) is 0 Å². The van der Waals surface area contributed by atoms with E-state index in [-0.39, 0.29) is 36.6 Å². The molecule has 0 unspecified atom stereocenters. The lowest BCUT2D eigenvalue weighted by atomic mass is 10.1. The zero-order valence-corrected chi connectivity index (χ0v) is 23.5. The molecule has 200 valence electrons. The van der Waals surface area contributed by atoms with Crippen LogP contribution in [0, 0.1) is 5.92 Å². The number of nitrogens with zero attached hydrogens (tertiary/aromatic N) is 2. The van der Waals surface area contributed by atoms with E-state index in [4.69, 9.17) is 23.2 Å². The maximum atomic E-state index is 13.6. The van der Waals surface area contributed by atoms with E-state index in [0.29, 0.717) is 41.5 Å². The van der Waals surface area contributed by atoms with Gasteiger partial charge in [-0.15, -0.1) is 0 Å². The molecule has 8 heteroatoms. The van der Waals surface area contributed by atoms with Gasteiger partial charge in [0, 0.05) is 47.1 Å². The molecule has 6 nitrogen and oxygen atoms in total. The first-order valence-corrected chi connectivity index (χ1v) is 13.8. The van der Waals surface area contributed by atoms with E-state index in [0.717, 1.165) is 22.0 Å². The number of halogens is 2. The van der Waals surface area contributed by atoms with Crippen LogP contribution in [-0.4, -0.2) is 41.8 Å². The monoisotopic (exact) mass is 553 g/mol. The van der Waals surface area contributed by atoms with Gasteiger partial charge >= 0.3 is 0 Å². The Labute approximate surface area is 233 Å². The highest BCUT2D eigenvalue weighted by atomic mass is 35.5. The SMILES string of the molecule is CC[C@@H](C(=O)NCC(C)C)N(Cc1ccc(Cl)cc1Cl)C(=O)CCCN1C(=O)c2cccc3cccc1c23. The summed E-state index contributed by atoms with van der Waals surface area (Å²) >= 11 is 12.5. The minimum absolute atomic E-state index is 0.0476. The number of nitrogens with one attached hydrogen (secondary N) is 1. The van der Waals surface area contributed by atoms with Gasteiger partial charge in [0.15, 0.2) is 0 Å². The van der Waals surface area contributed by atoms with Crippen molar-refractivity contribution < 1.29 is 14.4 Å². The quantitative estimate of drug-likeness (QED) is 0.296. The molecule has 4 rings (SSSR count). The predicted octanol–water partition coefficient (Wildman–Crippen LogP) is 6.47. The van der Waals surface area contributed by atoms with E-state index in [9.17, 15) is 14.4 Å². The normalized spacial score (nSPS) is 13.3. The van der Waals surface area contributed by atoms with Crippen molar-refractivity contribution in [2.24, 2.45) is 5.92 Å². The molecule has 0 aliphatic carbocycles. The molecule has 0 spiro atoms. The van der Waals surface area contributed by atoms with Crippen molar-refractivity contribution in [1.82, 2.24) is 10.2 Å². The second-order valence-electron chi connectivity index (χ2n) is 10.1. The highest BCUT2D eigenvalue weighted by Crippen LogP contribution is 2.37. The molecule has 1 atom stereocenters. The second kappa shape index (κ2) is 12.2. The van der Waals surface area contributed by atoms with Crippen molar-refractivity contribution >= 4 is 57.4 Å². The van der Waals surface area contributed by atoms with E-state index in [1.165, 1.54) is 0 Å². The smallest absolute Gasteiger partial charge is 0.258 e. The van der Waals surface area contributed by atoms with Crippen molar-refractivity contribution in [3.8, 4) is 0 Å². The van der Waals surface area contributed by atoms with Crippen LogP contribution in [0.15, 0.2) is 54.6 Å². The second-order valence-corrected chi connectivity index (χ2v) is 10.9. The largest absolute Gasteiger partial charge is 0.354 e. The summed E-state index contributed by atoms with van der Waals surface area (Å²) in [5.74, 6) is -0.104. The number of hydrogen-bond acceptors (Lipinski definition) is 3. The summed E-state index contributed by atoms with van der Waals surface area (Å²) < 4.78 is 0. The van der Waals surface area contributed by atoms with E-state index in [1.807, 2.05) is 57.2 Å². The zero-order chi connectivity index (χ0) is 27.4. The fraction of sp³-hybridized carbons (Fsp3) is 0.367. The molecular weight excluding hydrogens is 521 g/mol. The van der Waals surface area contributed by atoms with Crippen LogP contribution in [0.4, 0.5) is 5.69 Å². The molecular formula is C30H33Cl2N3O3. The molecule has 0 aromatic heterocycles. The van der Waals surface area contributed by atoms with Gasteiger partial charge in [-0.2, -0.15) is 0 Å². The van der Waals surface area contributed by atoms with Gasteiger partial charge in [-0.1, -0.05) is 74.3 Å². The summed E-state index contributed by atoms with van der Waals surface area (Å²) in [5.41, 5.74) is 2.28. The number of anilines is 1. The summed E-state index contributed by atoms with van der Waals surface area (Å²) in [5, 5.41) is 5.90. The topological polar surface area (TPSA) is 69.7 Å². The van der Waals surface area contributed by atoms with Crippen molar-refractivity contribution in [2.45, 2.75) is 52.6 Å². The molecule has 3 aromatic carbocycles. The fourth-order valence-electron chi connectivity index (χ4n) is 4.91. The van der Waals surface area contributed by atoms with Crippen LogP contribution >= 0.6 is 23.2 Å². The number of carbonyl (C=O) groups excluding carboxylic acids is 3. The van der Waals surface area contributed by atoms with Crippen molar-refractivity contribution in [2.75, 3.05) is 18.0 Å². The Morgan fingerprint density at radius 2 is 1.79 bits per heavy atom. The summed E-state index contributed by atoms with van der Waals surface area (Å²) in [6.45, 7) is 7.07. The van der Waals surface area contributed by atoms with Gasteiger partial charge in [0.05, 0.1) is 5.69 Å². The molecule has 0 saturated heterocycles. The standard InChI is InChI=1S/C30H33Cl2N3O3/c1-4-25(29(37)33-17-19(2)3)35(18-21-13-14-22(31)16-24(21)32)27(36)12-7-15-34-26-11-6-9-20-8-5-10-23(28(20)26)30(34)38/h5-6,8-11,13-14,16,19,25H,4,7,12,15,17-18H2,1-3H3,(H,33,37)/t25-/m0/s1. The van der Waals surface area contributed by atoms with E-state index in [1.54, 1.807) is 28.0 Å². The zero-order valence-electron chi connectivity index (χ0n) is 22.0. The van der Waals surface area contributed by atoms with Crippen LogP contribution in [-0.2, 0) is 16.1 Å². The van der Waals surface area contributed by atoms with Gasteiger partial charge in [-0.25, -0.2) is 0 Å². The Morgan fingerprint density at radius 3 is 2.47 bits per heavy atom. The Hall–Kier alpha value is -3.09. The van der Waals surface area contributed by atoms with Gasteiger partial charge in [-0.05, 0) is 54.0 Å². The van der Waals surface area contributed by atoms with Gasteiger partial charge in [0.1, 0.15) is 6.04 Å². The van der Waals surface area contributed by atoms with Crippen LogP contribution in [0.2, 0.25) is 10.0 Å². The molecule has 1 aliphatic heterocycles. The molecule has 1 N–H and O–H groups in total. The van der Waals surface area contributed by atoms with Gasteiger partial charge in [0.25, 0.3) is 5.91 Å².